The van der Waals surface area contributed by atoms with E-state index in [2.05, 4.69) is 20.3 Å². The van der Waals surface area contributed by atoms with Crippen molar-refractivity contribution in [1.29, 1.82) is 0 Å². The average molecular weight is 280 g/mol. The normalized spacial score (nSPS) is 18.7. The minimum Gasteiger partial charge on any atom is -0.464 e. The van der Waals surface area contributed by atoms with E-state index in [4.69, 9.17) is 10.5 Å². The standard InChI is InChI=1S/C12H20N6O2/c1-3-20-12-16-10(13)15-11(17-12)18-7-5-4-6-8(18)9(19)14-2/h8H,3-7H2,1-2H3,(H,14,19)(H2,13,15,16,17). The smallest absolute Gasteiger partial charge is 0.323 e. The lowest BCUT2D eigenvalue weighted by Gasteiger charge is -2.34. The maximum absolute atomic E-state index is 12.0. The summed E-state index contributed by atoms with van der Waals surface area (Å²) in [5, 5.41) is 2.67. The number of nitrogens with zero attached hydrogens (tertiary/aromatic N) is 4. The number of hydrogen-bond donors (Lipinski definition) is 2. The lowest BCUT2D eigenvalue weighted by atomic mass is 10.0. The van der Waals surface area contributed by atoms with Gasteiger partial charge in [0.15, 0.2) is 0 Å². The fraction of sp³-hybridized carbons (Fsp3) is 0.667. The molecule has 0 aliphatic carbocycles. The van der Waals surface area contributed by atoms with Gasteiger partial charge < -0.3 is 20.7 Å². The fourth-order valence-electron chi connectivity index (χ4n) is 2.29. The van der Waals surface area contributed by atoms with Crippen LogP contribution >= 0.6 is 0 Å². The second-order valence-electron chi connectivity index (χ2n) is 4.53. The highest BCUT2D eigenvalue weighted by atomic mass is 16.5. The highest BCUT2D eigenvalue weighted by Gasteiger charge is 2.30. The molecule has 0 radical (unpaired) electrons. The van der Waals surface area contributed by atoms with Crippen LogP contribution in [0.15, 0.2) is 0 Å². The average Bonchev–Trinajstić information content (AvgIpc) is 2.46. The Hall–Kier alpha value is -2.12. The quantitative estimate of drug-likeness (QED) is 0.796. The first-order valence-electron chi connectivity index (χ1n) is 6.78. The van der Waals surface area contributed by atoms with Crippen LogP contribution in [0.1, 0.15) is 26.2 Å². The first kappa shape index (κ1) is 14.3. The molecule has 1 aromatic heterocycles. The molecule has 1 saturated heterocycles. The van der Waals surface area contributed by atoms with E-state index in [-0.39, 0.29) is 23.9 Å². The first-order valence-corrected chi connectivity index (χ1v) is 6.78. The number of nitrogen functional groups attached to an aromatic ring is 1. The van der Waals surface area contributed by atoms with Gasteiger partial charge in [-0.1, -0.05) is 0 Å². The summed E-state index contributed by atoms with van der Waals surface area (Å²) in [4.78, 5) is 26.1. The molecule has 8 heteroatoms. The van der Waals surface area contributed by atoms with Crippen LogP contribution in [-0.4, -0.2) is 47.1 Å². The van der Waals surface area contributed by atoms with Crippen molar-refractivity contribution in [1.82, 2.24) is 20.3 Å². The molecule has 8 nitrogen and oxygen atoms in total. The Morgan fingerprint density at radius 1 is 1.45 bits per heavy atom. The van der Waals surface area contributed by atoms with Crippen molar-refractivity contribution in [3.8, 4) is 6.01 Å². The summed E-state index contributed by atoms with van der Waals surface area (Å²) in [7, 11) is 1.63. The SMILES string of the molecule is CCOc1nc(N)nc(N2CCCCC2C(=O)NC)n1. The number of aromatic nitrogens is 3. The second-order valence-corrected chi connectivity index (χ2v) is 4.53. The zero-order valence-electron chi connectivity index (χ0n) is 11.8. The molecule has 0 saturated carbocycles. The Labute approximate surface area is 117 Å². The molecule has 110 valence electrons. The fourth-order valence-corrected chi connectivity index (χ4v) is 2.29. The van der Waals surface area contributed by atoms with E-state index in [0.717, 1.165) is 19.3 Å². The summed E-state index contributed by atoms with van der Waals surface area (Å²) < 4.78 is 5.27. The van der Waals surface area contributed by atoms with Gasteiger partial charge >= 0.3 is 6.01 Å². The van der Waals surface area contributed by atoms with Crippen molar-refractivity contribution in [2.75, 3.05) is 30.8 Å². The van der Waals surface area contributed by atoms with Gasteiger partial charge in [-0.25, -0.2) is 0 Å². The molecule has 0 bridgehead atoms. The Balaban J connectivity index is 2.29. The molecule has 1 unspecified atom stereocenters. The second kappa shape index (κ2) is 6.36. The van der Waals surface area contributed by atoms with Crippen LogP contribution in [0.2, 0.25) is 0 Å². The third-order valence-corrected chi connectivity index (χ3v) is 3.20. The largest absolute Gasteiger partial charge is 0.464 e. The summed E-state index contributed by atoms with van der Waals surface area (Å²) in [6.07, 6.45) is 2.77. The topological polar surface area (TPSA) is 106 Å². The summed E-state index contributed by atoms with van der Waals surface area (Å²) in [5.74, 6) is 0.454. The molecule has 1 amide bonds. The number of piperidine rings is 1. The van der Waals surface area contributed by atoms with Crippen LogP contribution < -0.4 is 20.7 Å². The number of nitrogens with one attached hydrogen (secondary N) is 1. The zero-order valence-corrected chi connectivity index (χ0v) is 11.8. The number of rotatable bonds is 4. The van der Waals surface area contributed by atoms with Crippen molar-refractivity contribution < 1.29 is 9.53 Å². The number of ether oxygens (including phenoxy) is 1. The highest BCUT2D eigenvalue weighted by molar-refractivity contribution is 5.84. The van der Waals surface area contributed by atoms with E-state index in [0.29, 0.717) is 19.1 Å². The highest BCUT2D eigenvalue weighted by Crippen LogP contribution is 2.23. The van der Waals surface area contributed by atoms with Crippen LogP contribution in [0, 0.1) is 0 Å². The van der Waals surface area contributed by atoms with Crippen molar-refractivity contribution >= 4 is 17.8 Å². The van der Waals surface area contributed by atoms with Gasteiger partial charge in [0.05, 0.1) is 6.61 Å². The predicted octanol–water partition coefficient (Wildman–Crippen LogP) is -0.0426. The van der Waals surface area contributed by atoms with Crippen LogP contribution in [0.4, 0.5) is 11.9 Å². The molecule has 20 heavy (non-hydrogen) atoms. The molecule has 0 aromatic carbocycles. The van der Waals surface area contributed by atoms with Gasteiger partial charge in [0, 0.05) is 13.6 Å². The molecule has 3 N–H and O–H groups in total. The molecular weight excluding hydrogens is 260 g/mol. The first-order chi connectivity index (χ1) is 9.65. The zero-order chi connectivity index (χ0) is 14.5. The van der Waals surface area contributed by atoms with E-state index in [1.807, 2.05) is 11.8 Å². The number of likely N-dealkylation sites (N-methyl/N-ethyl adjacent to an activating group) is 1. The number of carbonyl (C=O) groups excluding carboxylic acids is 1. The van der Waals surface area contributed by atoms with Crippen LogP contribution in [-0.2, 0) is 4.79 Å². The van der Waals surface area contributed by atoms with E-state index in [9.17, 15) is 4.79 Å². The third-order valence-electron chi connectivity index (χ3n) is 3.20. The van der Waals surface area contributed by atoms with Crippen molar-refractivity contribution in [3.05, 3.63) is 0 Å². The number of anilines is 2. The molecule has 0 spiro atoms. The molecule has 2 rings (SSSR count). The van der Waals surface area contributed by atoms with E-state index >= 15 is 0 Å². The van der Waals surface area contributed by atoms with E-state index in [1.54, 1.807) is 7.05 Å². The van der Waals surface area contributed by atoms with Gasteiger partial charge in [0.2, 0.25) is 17.8 Å². The maximum Gasteiger partial charge on any atom is 0.323 e. The monoisotopic (exact) mass is 280 g/mol. The molecule has 1 aliphatic rings. The van der Waals surface area contributed by atoms with Crippen molar-refractivity contribution in [2.24, 2.45) is 0 Å². The molecule has 2 heterocycles. The van der Waals surface area contributed by atoms with Gasteiger partial charge in [0.25, 0.3) is 0 Å². The predicted molar refractivity (Wildman–Crippen MR) is 74.5 cm³/mol. The van der Waals surface area contributed by atoms with E-state index < -0.39 is 0 Å². The van der Waals surface area contributed by atoms with Crippen LogP contribution in [0.3, 0.4) is 0 Å². The Bertz CT molecular complexity index is 481. The third kappa shape index (κ3) is 3.06. The lowest BCUT2D eigenvalue weighted by molar-refractivity contribution is -0.122. The van der Waals surface area contributed by atoms with Gasteiger partial charge in [-0.05, 0) is 26.2 Å². The minimum atomic E-state index is -0.273. The number of amides is 1. The number of hydrogen-bond acceptors (Lipinski definition) is 7. The van der Waals surface area contributed by atoms with Crippen molar-refractivity contribution in [2.45, 2.75) is 32.2 Å². The van der Waals surface area contributed by atoms with Crippen LogP contribution in [0.5, 0.6) is 6.01 Å². The van der Waals surface area contributed by atoms with Gasteiger partial charge in [-0.2, -0.15) is 15.0 Å². The summed E-state index contributed by atoms with van der Waals surface area (Å²) in [6.45, 7) is 3.00. The van der Waals surface area contributed by atoms with Crippen molar-refractivity contribution in [3.63, 3.8) is 0 Å². The number of carbonyl (C=O) groups is 1. The lowest BCUT2D eigenvalue weighted by Crippen LogP contribution is -2.49. The molecular formula is C12H20N6O2. The number of nitrogens with two attached hydrogens (primary N) is 1. The van der Waals surface area contributed by atoms with Gasteiger partial charge in [-0.3, -0.25) is 4.79 Å². The Kier molecular flexibility index (Phi) is 4.54. The summed E-state index contributed by atoms with van der Waals surface area (Å²) in [6, 6.07) is -0.0822. The summed E-state index contributed by atoms with van der Waals surface area (Å²) in [5.41, 5.74) is 5.68. The Morgan fingerprint density at radius 3 is 2.95 bits per heavy atom. The maximum atomic E-state index is 12.0. The molecule has 1 fully saturated rings. The van der Waals surface area contributed by atoms with E-state index in [1.165, 1.54) is 0 Å². The minimum absolute atomic E-state index is 0.0401. The summed E-state index contributed by atoms with van der Waals surface area (Å²) >= 11 is 0. The Morgan fingerprint density at radius 2 is 2.25 bits per heavy atom. The molecule has 1 atom stereocenters. The molecule has 1 aromatic rings. The molecule has 1 aliphatic heterocycles. The van der Waals surface area contributed by atoms with Gasteiger partial charge in [-0.15, -0.1) is 0 Å². The van der Waals surface area contributed by atoms with Gasteiger partial charge in [0.1, 0.15) is 6.04 Å². The van der Waals surface area contributed by atoms with Crippen LogP contribution in [0.25, 0.3) is 0 Å².